The lowest BCUT2D eigenvalue weighted by Gasteiger charge is -2.30. The Bertz CT molecular complexity index is 850. The number of benzene rings is 1. The molecule has 2 heterocycles. The van der Waals surface area contributed by atoms with Crippen molar-refractivity contribution in [1.29, 1.82) is 0 Å². The Labute approximate surface area is 148 Å². The molecule has 24 heavy (non-hydrogen) atoms. The molecule has 1 aliphatic heterocycles. The van der Waals surface area contributed by atoms with E-state index in [-0.39, 0.29) is 5.91 Å². The van der Waals surface area contributed by atoms with Crippen molar-refractivity contribution in [3.8, 4) is 0 Å². The molecule has 0 spiro atoms. The molecule has 0 unspecified atom stereocenters. The zero-order valence-electron chi connectivity index (χ0n) is 13.2. The molecule has 6 nitrogen and oxygen atoms in total. The maximum atomic E-state index is 11.4. The van der Waals surface area contributed by atoms with E-state index < -0.39 is 6.09 Å². The summed E-state index contributed by atoms with van der Waals surface area (Å²) in [5.41, 5.74) is 1.00. The third kappa shape index (κ3) is 3.62. The number of rotatable bonds is 2. The minimum Gasteiger partial charge on any atom is -0.465 e. The van der Waals surface area contributed by atoms with Gasteiger partial charge in [-0.2, -0.15) is 4.99 Å². The zero-order chi connectivity index (χ0) is 17.3. The van der Waals surface area contributed by atoms with E-state index in [4.69, 9.17) is 16.7 Å². The molecule has 0 saturated carbocycles. The van der Waals surface area contributed by atoms with Gasteiger partial charge in [-0.3, -0.25) is 4.79 Å². The van der Waals surface area contributed by atoms with Crippen LogP contribution in [0.25, 0.3) is 10.2 Å². The molecular weight excluding hydrogens is 350 g/mol. The van der Waals surface area contributed by atoms with Crippen LogP contribution < -0.4 is 4.80 Å². The van der Waals surface area contributed by atoms with E-state index in [1.54, 1.807) is 0 Å². The Morgan fingerprint density at radius 2 is 2.08 bits per heavy atom. The van der Waals surface area contributed by atoms with Gasteiger partial charge in [0.2, 0.25) is 5.91 Å². The number of carbonyl (C=O) groups excluding carboxylic acids is 1. The number of hydrogen-bond donors (Lipinski definition) is 1. The summed E-state index contributed by atoms with van der Waals surface area (Å²) in [6, 6.07) is 5.65. The monoisotopic (exact) mass is 367 g/mol. The summed E-state index contributed by atoms with van der Waals surface area (Å²) in [6.45, 7) is 3.26. The van der Waals surface area contributed by atoms with Gasteiger partial charge in [-0.25, -0.2) is 4.79 Å². The first kappa shape index (κ1) is 17.0. The van der Waals surface area contributed by atoms with Crippen molar-refractivity contribution in [3.63, 3.8) is 0 Å². The maximum absolute atomic E-state index is 11.4. The summed E-state index contributed by atoms with van der Waals surface area (Å²) in [6.07, 6.45) is 0.761. The maximum Gasteiger partial charge on any atom is 0.407 e. The number of aromatic nitrogens is 1. The first-order chi connectivity index (χ1) is 11.4. The normalized spacial score (nSPS) is 16.8. The zero-order valence-corrected chi connectivity index (χ0v) is 14.8. The Morgan fingerprint density at radius 3 is 2.71 bits per heavy atom. The average Bonchev–Trinajstić information content (AvgIpc) is 2.83. The van der Waals surface area contributed by atoms with Crippen LogP contribution in [-0.2, 0) is 11.3 Å². The van der Waals surface area contributed by atoms with Crippen molar-refractivity contribution in [1.82, 2.24) is 9.47 Å². The molecule has 1 aromatic heterocycles. The van der Waals surface area contributed by atoms with Crippen LogP contribution in [0, 0.1) is 5.92 Å². The lowest BCUT2D eigenvalue weighted by Crippen LogP contribution is -2.39. The van der Waals surface area contributed by atoms with Crippen molar-refractivity contribution in [2.45, 2.75) is 26.3 Å². The van der Waals surface area contributed by atoms with E-state index in [1.807, 2.05) is 18.2 Å². The molecule has 1 fully saturated rings. The highest BCUT2D eigenvalue weighted by atomic mass is 35.5. The molecule has 1 N–H and O–H groups in total. The van der Waals surface area contributed by atoms with Crippen LogP contribution in [0.5, 0.6) is 0 Å². The van der Waals surface area contributed by atoms with Gasteiger partial charge in [0, 0.05) is 31.6 Å². The van der Waals surface area contributed by atoms with Gasteiger partial charge in [-0.15, -0.1) is 0 Å². The fraction of sp³-hybridized carbons (Fsp3) is 0.438. The van der Waals surface area contributed by atoms with Gasteiger partial charge >= 0.3 is 6.09 Å². The van der Waals surface area contributed by atoms with Crippen molar-refractivity contribution in [3.05, 3.63) is 28.0 Å². The van der Waals surface area contributed by atoms with Crippen LogP contribution in [0.2, 0.25) is 5.02 Å². The molecule has 2 aromatic rings. The van der Waals surface area contributed by atoms with E-state index >= 15 is 0 Å². The first-order valence-electron chi connectivity index (χ1n) is 7.76. The molecule has 0 aliphatic carbocycles. The number of nitrogens with zero attached hydrogens (tertiary/aromatic N) is 3. The lowest BCUT2D eigenvalue weighted by molar-refractivity contribution is -0.116. The summed E-state index contributed by atoms with van der Waals surface area (Å²) in [5, 5.41) is 9.70. The standard InChI is InChI=1S/C16H18ClN3O3S/c1-10(21)18-15-20(13-3-2-12(17)8-14(13)24-15)9-11-4-6-19(7-5-11)16(22)23/h2-3,8,11H,4-7,9H2,1H3,(H,22,23). The molecule has 0 radical (unpaired) electrons. The largest absolute Gasteiger partial charge is 0.465 e. The van der Waals surface area contributed by atoms with Gasteiger partial charge in [0.15, 0.2) is 4.80 Å². The van der Waals surface area contributed by atoms with E-state index in [9.17, 15) is 9.59 Å². The fourth-order valence-corrected chi connectivity index (χ4v) is 4.37. The van der Waals surface area contributed by atoms with Gasteiger partial charge in [0.25, 0.3) is 0 Å². The van der Waals surface area contributed by atoms with Crippen molar-refractivity contribution < 1.29 is 14.7 Å². The second kappa shape index (κ2) is 6.94. The number of likely N-dealkylation sites (tertiary alicyclic amines) is 1. The summed E-state index contributed by atoms with van der Waals surface area (Å²) in [7, 11) is 0. The van der Waals surface area contributed by atoms with Gasteiger partial charge in [-0.05, 0) is 37.0 Å². The SMILES string of the molecule is CC(=O)N=c1sc2cc(Cl)ccc2n1CC1CCN(C(=O)O)CC1. The molecule has 0 bridgehead atoms. The van der Waals surface area contributed by atoms with Crippen molar-refractivity contribution >= 4 is 45.2 Å². The summed E-state index contributed by atoms with van der Waals surface area (Å²) >= 11 is 7.51. The fourth-order valence-electron chi connectivity index (χ4n) is 3.01. The molecule has 1 aliphatic rings. The number of amides is 2. The van der Waals surface area contributed by atoms with Gasteiger partial charge < -0.3 is 14.6 Å². The van der Waals surface area contributed by atoms with Gasteiger partial charge in [0.05, 0.1) is 10.2 Å². The van der Waals surface area contributed by atoms with Crippen LogP contribution in [-0.4, -0.2) is 39.7 Å². The predicted molar refractivity (Wildman–Crippen MR) is 93.4 cm³/mol. The highest BCUT2D eigenvalue weighted by molar-refractivity contribution is 7.16. The Morgan fingerprint density at radius 1 is 1.38 bits per heavy atom. The van der Waals surface area contributed by atoms with Crippen LogP contribution >= 0.6 is 22.9 Å². The highest BCUT2D eigenvalue weighted by Gasteiger charge is 2.23. The number of carboxylic acid groups (broad SMARTS) is 1. The summed E-state index contributed by atoms with van der Waals surface area (Å²) in [5.74, 6) is 0.127. The van der Waals surface area contributed by atoms with Gasteiger partial charge in [0.1, 0.15) is 0 Å². The van der Waals surface area contributed by atoms with E-state index in [2.05, 4.69) is 9.56 Å². The van der Waals surface area contributed by atoms with Crippen LogP contribution in [0.3, 0.4) is 0 Å². The molecule has 128 valence electrons. The number of fused-ring (bicyclic) bond motifs is 1. The third-order valence-electron chi connectivity index (χ3n) is 4.22. The molecule has 1 saturated heterocycles. The highest BCUT2D eigenvalue weighted by Crippen LogP contribution is 2.25. The third-order valence-corrected chi connectivity index (χ3v) is 5.50. The second-order valence-corrected chi connectivity index (χ2v) is 7.40. The topological polar surface area (TPSA) is 74.9 Å². The van der Waals surface area contributed by atoms with E-state index in [1.165, 1.54) is 23.2 Å². The number of halogens is 1. The molecule has 8 heteroatoms. The minimum absolute atomic E-state index is 0.234. The average molecular weight is 368 g/mol. The predicted octanol–water partition coefficient (Wildman–Crippen LogP) is 3.19. The summed E-state index contributed by atoms with van der Waals surface area (Å²) in [4.78, 5) is 28.7. The Hall–Kier alpha value is -1.86. The minimum atomic E-state index is -0.857. The number of hydrogen-bond acceptors (Lipinski definition) is 3. The Kier molecular flexibility index (Phi) is 4.91. The quantitative estimate of drug-likeness (QED) is 0.885. The second-order valence-electron chi connectivity index (χ2n) is 5.95. The molecular formula is C16H18ClN3O3S. The van der Waals surface area contributed by atoms with Crippen LogP contribution in [0.15, 0.2) is 23.2 Å². The van der Waals surface area contributed by atoms with Crippen molar-refractivity contribution in [2.24, 2.45) is 10.9 Å². The van der Waals surface area contributed by atoms with Crippen molar-refractivity contribution in [2.75, 3.05) is 13.1 Å². The molecule has 2 amide bonds. The van der Waals surface area contributed by atoms with Crippen LogP contribution in [0.4, 0.5) is 4.79 Å². The smallest absolute Gasteiger partial charge is 0.407 e. The first-order valence-corrected chi connectivity index (χ1v) is 8.95. The number of piperidine rings is 1. The van der Waals surface area contributed by atoms with E-state index in [0.29, 0.717) is 28.8 Å². The van der Waals surface area contributed by atoms with Crippen LogP contribution in [0.1, 0.15) is 19.8 Å². The number of carbonyl (C=O) groups is 2. The number of thiazole rings is 1. The summed E-state index contributed by atoms with van der Waals surface area (Å²) < 4.78 is 3.05. The lowest BCUT2D eigenvalue weighted by atomic mass is 9.97. The molecule has 1 aromatic carbocycles. The Balaban J connectivity index is 1.91. The molecule has 0 atom stereocenters. The molecule has 3 rings (SSSR count). The van der Waals surface area contributed by atoms with E-state index in [0.717, 1.165) is 29.6 Å². The van der Waals surface area contributed by atoms with Gasteiger partial charge in [-0.1, -0.05) is 22.9 Å².